The van der Waals surface area contributed by atoms with E-state index in [1.54, 1.807) is 0 Å². The summed E-state index contributed by atoms with van der Waals surface area (Å²) in [6, 6.07) is 11.0. The highest BCUT2D eigenvalue weighted by atomic mass is 15.1. The fourth-order valence-electron chi connectivity index (χ4n) is 4.61. The van der Waals surface area contributed by atoms with E-state index < -0.39 is 0 Å². The molecule has 1 aliphatic heterocycles. The molecule has 1 spiro atoms. The summed E-state index contributed by atoms with van der Waals surface area (Å²) in [4.78, 5) is 9.51. The lowest BCUT2D eigenvalue weighted by atomic mass is 9.80. The first-order valence-corrected chi connectivity index (χ1v) is 10.3. The second-order valence-electron chi connectivity index (χ2n) is 9.64. The molecule has 1 atom stereocenters. The van der Waals surface area contributed by atoms with E-state index in [4.69, 9.17) is 4.98 Å². The lowest BCUT2D eigenvalue weighted by Crippen LogP contribution is -2.52. The maximum atomic E-state index is 4.92. The van der Waals surface area contributed by atoms with Gasteiger partial charge in [-0.1, -0.05) is 32.9 Å². The van der Waals surface area contributed by atoms with Crippen molar-refractivity contribution >= 4 is 11.5 Å². The monoisotopic (exact) mass is 375 g/mol. The Morgan fingerprint density at radius 1 is 1.18 bits per heavy atom. The van der Waals surface area contributed by atoms with Crippen LogP contribution in [0.2, 0.25) is 0 Å². The fraction of sp³-hybridized carbons (Fsp3) is 0.478. The molecule has 5 nitrogen and oxygen atoms in total. The van der Waals surface area contributed by atoms with E-state index in [2.05, 4.69) is 77.3 Å². The molecule has 2 fully saturated rings. The highest BCUT2D eigenvalue weighted by Crippen LogP contribution is 2.42. The van der Waals surface area contributed by atoms with Crippen molar-refractivity contribution in [2.45, 2.75) is 51.5 Å². The Morgan fingerprint density at radius 3 is 2.75 bits per heavy atom. The molecule has 1 saturated heterocycles. The van der Waals surface area contributed by atoms with E-state index >= 15 is 0 Å². The van der Waals surface area contributed by atoms with E-state index in [0.717, 1.165) is 22.9 Å². The van der Waals surface area contributed by atoms with Crippen molar-refractivity contribution in [1.29, 1.82) is 0 Å². The summed E-state index contributed by atoms with van der Waals surface area (Å²) in [5.74, 6) is 0.966. The smallest absolute Gasteiger partial charge is 0.137 e. The van der Waals surface area contributed by atoms with Gasteiger partial charge in [0.2, 0.25) is 0 Å². The molecule has 4 heterocycles. The maximum Gasteiger partial charge on any atom is 0.137 e. The lowest BCUT2D eigenvalue weighted by molar-refractivity contribution is 0.176. The van der Waals surface area contributed by atoms with Crippen molar-refractivity contribution in [2.24, 2.45) is 5.41 Å². The molecule has 0 amide bonds. The number of hydrogen-bond acceptors (Lipinski definition) is 4. The zero-order valence-electron chi connectivity index (χ0n) is 17.0. The van der Waals surface area contributed by atoms with Crippen LogP contribution in [0.15, 0.2) is 42.7 Å². The summed E-state index contributed by atoms with van der Waals surface area (Å²) in [5, 5.41) is 7.12. The van der Waals surface area contributed by atoms with E-state index in [-0.39, 0.29) is 5.41 Å². The third kappa shape index (κ3) is 3.08. The second-order valence-corrected chi connectivity index (χ2v) is 9.64. The molecule has 146 valence electrons. The van der Waals surface area contributed by atoms with Gasteiger partial charge in [-0.2, -0.15) is 0 Å². The molecule has 5 rings (SSSR count). The predicted octanol–water partition coefficient (Wildman–Crippen LogP) is 4.25. The van der Waals surface area contributed by atoms with E-state index in [1.165, 1.54) is 37.9 Å². The molecule has 2 aliphatic rings. The minimum Gasteiger partial charge on any atom is -0.367 e. The van der Waals surface area contributed by atoms with Crippen molar-refractivity contribution in [1.82, 2.24) is 19.7 Å². The Balaban J connectivity index is 1.43. The molecule has 1 unspecified atom stereocenters. The first kappa shape index (κ1) is 17.7. The van der Waals surface area contributed by atoms with Gasteiger partial charge in [-0.3, -0.25) is 4.40 Å². The van der Waals surface area contributed by atoms with Gasteiger partial charge in [-0.15, -0.1) is 0 Å². The Labute approximate surface area is 166 Å². The van der Waals surface area contributed by atoms with Gasteiger partial charge in [0.25, 0.3) is 0 Å². The molecular formula is C23H29N5. The number of aromatic nitrogens is 3. The summed E-state index contributed by atoms with van der Waals surface area (Å²) >= 11 is 0. The van der Waals surface area contributed by atoms with Gasteiger partial charge in [-0.05, 0) is 53.9 Å². The van der Waals surface area contributed by atoms with Gasteiger partial charge in [-0.25, -0.2) is 9.97 Å². The SMILES string of the molecule is CC(C)(C)c1ccc2ncc(-c3cccc(NC4CCC5(CNC5)C4)n3)n2c1. The largest absolute Gasteiger partial charge is 0.367 e. The average molecular weight is 376 g/mol. The molecule has 3 aromatic rings. The summed E-state index contributed by atoms with van der Waals surface area (Å²) in [5.41, 5.74) is 4.89. The molecule has 5 heteroatoms. The van der Waals surface area contributed by atoms with Crippen LogP contribution in [0, 0.1) is 5.41 Å². The lowest BCUT2D eigenvalue weighted by Gasteiger charge is -2.39. The first-order valence-electron chi connectivity index (χ1n) is 10.3. The molecule has 0 bridgehead atoms. The summed E-state index contributed by atoms with van der Waals surface area (Å²) in [6.07, 6.45) is 7.93. The Hall–Kier alpha value is -2.40. The third-order valence-corrected chi connectivity index (χ3v) is 6.44. The number of fused-ring (bicyclic) bond motifs is 1. The van der Waals surface area contributed by atoms with Gasteiger partial charge >= 0.3 is 0 Å². The molecule has 1 aliphatic carbocycles. The van der Waals surface area contributed by atoms with Crippen LogP contribution >= 0.6 is 0 Å². The highest BCUT2D eigenvalue weighted by molar-refractivity contribution is 5.62. The van der Waals surface area contributed by atoms with Gasteiger partial charge in [0.15, 0.2) is 0 Å². The zero-order chi connectivity index (χ0) is 19.4. The number of imidazole rings is 1. The van der Waals surface area contributed by atoms with E-state index in [1.807, 2.05) is 6.20 Å². The number of nitrogens with zero attached hydrogens (tertiary/aromatic N) is 3. The molecule has 0 aromatic carbocycles. The van der Waals surface area contributed by atoms with Gasteiger partial charge in [0.05, 0.1) is 17.6 Å². The fourth-order valence-corrected chi connectivity index (χ4v) is 4.61. The van der Waals surface area contributed by atoms with Crippen LogP contribution in [0.5, 0.6) is 0 Å². The minimum absolute atomic E-state index is 0.0986. The van der Waals surface area contributed by atoms with Crippen molar-refractivity contribution in [3.63, 3.8) is 0 Å². The van der Waals surface area contributed by atoms with Crippen LogP contribution < -0.4 is 10.6 Å². The molecule has 2 N–H and O–H groups in total. The van der Waals surface area contributed by atoms with E-state index in [9.17, 15) is 0 Å². The minimum atomic E-state index is 0.0986. The van der Waals surface area contributed by atoms with Crippen LogP contribution in [-0.2, 0) is 5.41 Å². The highest BCUT2D eigenvalue weighted by Gasteiger charge is 2.43. The number of rotatable bonds is 3. The van der Waals surface area contributed by atoms with Crippen molar-refractivity contribution < 1.29 is 0 Å². The maximum absolute atomic E-state index is 4.92. The number of pyridine rings is 2. The predicted molar refractivity (Wildman–Crippen MR) is 114 cm³/mol. The van der Waals surface area contributed by atoms with Crippen molar-refractivity contribution in [3.05, 3.63) is 48.3 Å². The Kier molecular flexibility index (Phi) is 3.98. The summed E-state index contributed by atoms with van der Waals surface area (Å²) in [7, 11) is 0. The van der Waals surface area contributed by atoms with Crippen molar-refractivity contribution in [3.8, 4) is 11.4 Å². The number of hydrogen-bond donors (Lipinski definition) is 2. The van der Waals surface area contributed by atoms with Gasteiger partial charge < -0.3 is 10.6 Å². The Bertz CT molecular complexity index is 1010. The average Bonchev–Trinajstić information content (AvgIpc) is 3.25. The molecule has 28 heavy (non-hydrogen) atoms. The summed E-state index contributed by atoms with van der Waals surface area (Å²) in [6.45, 7) is 9.06. The van der Waals surface area contributed by atoms with Gasteiger partial charge in [0, 0.05) is 25.3 Å². The zero-order valence-corrected chi connectivity index (χ0v) is 17.0. The summed E-state index contributed by atoms with van der Waals surface area (Å²) < 4.78 is 2.16. The topological polar surface area (TPSA) is 54.2 Å². The standard InChI is InChI=1S/C23H29N5/c1-22(2,3)16-7-8-21-25-12-19(28(21)13-16)18-5-4-6-20(27-18)26-17-9-10-23(11-17)14-24-15-23/h4-8,12-13,17,24H,9-11,14-15H2,1-3H3,(H,26,27). The van der Waals surface area contributed by atoms with Crippen LogP contribution in [-0.4, -0.2) is 33.5 Å². The molecule has 1 saturated carbocycles. The molecule has 3 aromatic heterocycles. The third-order valence-electron chi connectivity index (χ3n) is 6.44. The number of anilines is 1. The normalized spacial score (nSPS) is 21.2. The molecular weight excluding hydrogens is 346 g/mol. The molecule has 0 radical (unpaired) electrons. The van der Waals surface area contributed by atoms with Crippen LogP contribution in [0.1, 0.15) is 45.6 Å². The van der Waals surface area contributed by atoms with Gasteiger partial charge in [0.1, 0.15) is 11.5 Å². The van der Waals surface area contributed by atoms with Crippen LogP contribution in [0.4, 0.5) is 5.82 Å². The van der Waals surface area contributed by atoms with Crippen LogP contribution in [0.3, 0.4) is 0 Å². The number of nitrogens with one attached hydrogen (secondary N) is 2. The first-order chi connectivity index (χ1) is 13.4. The van der Waals surface area contributed by atoms with Crippen molar-refractivity contribution in [2.75, 3.05) is 18.4 Å². The quantitative estimate of drug-likeness (QED) is 0.719. The Morgan fingerprint density at radius 2 is 2.04 bits per heavy atom. The van der Waals surface area contributed by atoms with Crippen LogP contribution in [0.25, 0.3) is 17.0 Å². The second kappa shape index (κ2) is 6.31. The van der Waals surface area contributed by atoms with E-state index in [0.29, 0.717) is 11.5 Å².